The van der Waals surface area contributed by atoms with Crippen LogP contribution in [0.4, 0.5) is 11.4 Å². The lowest BCUT2D eigenvalue weighted by molar-refractivity contribution is 0.396. The number of rotatable bonds is 2. The highest BCUT2D eigenvalue weighted by Crippen LogP contribution is 2.49. The summed E-state index contributed by atoms with van der Waals surface area (Å²) < 4.78 is 0. The van der Waals surface area contributed by atoms with E-state index in [1.54, 1.807) is 0 Å². The number of nitrogens with zero attached hydrogens (tertiary/aromatic N) is 1. The van der Waals surface area contributed by atoms with Gasteiger partial charge in [-0.2, -0.15) is 0 Å². The molecule has 2 heteroatoms. The first kappa shape index (κ1) is 16.4. The molecule has 2 aliphatic rings. The summed E-state index contributed by atoms with van der Waals surface area (Å²) in [6.45, 7) is 5.57. The second-order valence-electron chi connectivity index (χ2n) is 7.94. The summed E-state index contributed by atoms with van der Waals surface area (Å²) in [4.78, 5) is 2.65. The number of benzene rings is 3. The van der Waals surface area contributed by atoms with E-state index in [9.17, 15) is 0 Å². The number of hydrogen-bond donors (Lipinski definition) is 1. The second-order valence-corrected chi connectivity index (χ2v) is 7.94. The molecule has 1 fully saturated rings. The summed E-state index contributed by atoms with van der Waals surface area (Å²) in [5.41, 5.74) is 8.34. The molecule has 27 heavy (non-hydrogen) atoms. The number of aryl methyl sites for hydroxylation is 2. The van der Waals surface area contributed by atoms with Crippen molar-refractivity contribution in [2.24, 2.45) is 0 Å². The summed E-state index contributed by atoms with van der Waals surface area (Å²) in [7, 11) is 0. The van der Waals surface area contributed by atoms with Gasteiger partial charge in [0.1, 0.15) is 0 Å². The van der Waals surface area contributed by atoms with Crippen LogP contribution in [0.15, 0.2) is 72.8 Å². The van der Waals surface area contributed by atoms with Gasteiger partial charge in [-0.25, -0.2) is 0 Å². The van der Waals surface area contributed by atoms with Gasteiger partial charge in [-0.05, 0) is 48.6 Å². The van der Waals surface area contributed by atoms with Crippen LogP contribution in [-0.2, 0) is 0 Å². The van der Waals surface area contributed by atoms with Crippen molar-refractivity contribution in [2.75, 3.05) is 16.8 Å². The smallest absolute Gasteiger partial charge is 0.0749 e. The van der Waals surface area contributed by atoms with Crippen molar-refractivity contribution >= 4 is 11.4 Å². The minimum atomic E-state index is 0.331. The van der Waals surface area contributed by atoms with Gasteiger partial charge in [0.25, 0.3) is 0 Å². The first-order valence-corrected chi connectivity index (χ1v) is 9.97. The molecule has 0 aliphatic carbocycles. The van der Waals surface area contributed by atoms with Gasteiger partial charge >= 0.3 is 0 Å². The highest BCUT2D eigenvalue weighted by Gasteiger charge is 2.44. The van der Waals surface area contributed by atoms with E-state index in [1.165, 1.54) is 40.0 Å². The molecule has 2 heterocycles. The number of para-hydroxylation sites is 2. The molecule has 0 bridgehead atoms. The van der Waals surface area contributed by atoms with Crippen molar-refractivity contribution in [2.45, 2.75) is 38.3 Å². The maximum Gasteiger partial charge on any atom is 0.0749 e. The molecule has 0 radical (unpaired) electrons. The van der Waals surface area contributed by atoms with Crippen LogP contribution >= 0.6 is 0 Å². The molecule has 5 rings (SSSR count). The molecule has 0 amide bonds. The Balaban J connectivity index is 1.63. The fourth-order valence-electron chi connectivity index (χ4n) is 5.22. The van der Waals surface area contributed by atoms with Gasteiger partial charge in [-0.3, -0.25) is 0 Å². The number of anilines is 2. The van der Waals surface area contributed by atoms with Crippen molar-refractivity contribution in [3.63, 3.8) is 0 Å². The largest absolute Gasteiger partial charge is 0.379 e. The third-order valence-electron chi connectivity index (χ3n) is 6.34. The van der Waals surface area contributed by atoms with Gasteiger partial charge in [0.2, 0.25) is 0 Å². The van der Waals surface area contributed by atoms with Gasteiger partial charge in [0.15, 0.2) is 0 Å². The van der Waals surface area contributed by atoms with Gasteiger partial charge < -0.3 is 10.2 Å². The zero-order chi connectivity index (χ0) is 18.4. The first-order chi connectivity index (χ1) is 13.2. The van der Waals surface area contributed by atoms with Crippen molar-refractivity contribution in [3.05, 3.63) is 95.1 Å². The van der Waals surface area contributed by atoms with E-state index in [0.717, 1.165) is 6.54 Å². The van der Waals surface area contributed by atoms with Gasteiger partial charge in [0, 0.05) is 23.8 Å². The van der Waals surface area contributed by atoms with E-state index >= 15 is 0 Å². The molecule has 0 aromatic heterocycles. The van der Waals surface area contributed by atoms with Crippen LogP contribution in [0.1, 0.15) is 40.6 Å². The quantitative estimate of drug-likeness (QED) is 0.622. The average molecular weight is 354 g/mol. The highest BCUT2D eigenvalue weighted by atomic mass is 15.2. The topological polar surface area (TPSA) is 15.3 Å². The van der Waals surface area contributed by atoms with Crippen molar-refractivity contribution in [1.82, 2.24) is 0 Å². The monoisotopic (exact) mass is 354 g/mol. The SMILES string of the molecule is Cc1cccc(C)c1N1CCC2c3ccccc3NC2C1c1ccccc1. The van der Waals surface area contributed by atoms with Crippen molar-refractivity contribution < 1.29 is 0 Å². The predicted molar refractivity (Wildman–Crippen MR) is 114 cm³/mol. The van der Waals surface area contributed by atoms with Crippen LogP contribution in [0.25, 0.3) is 0 Å². The third kappa shape index (κ3) is 2.63. The van der Waals surface area contributed by atoms with Crippen LogP contribution in [0.3, 0.4) is 0 Å². The lowest BCUT2D eigenvalue weighted by Gasteiger charge is -2.46. The molecular formula is C25H26N2. The molecule has 3 aromatic carbocycles. The zero-order valence-corrected chi connectivity index (χ0v) is 16.0. The van der Waals surface area contributed by atoms with Crippen LogP contribution in [0, 0.1) is 13.8 Å². The fraction of sp³-hybridized carbons (Fsp3) is 0.280. The molecule has 1 saturated heterocycles. The molecule has 2 nitrogen and oxygen atoms in total. The van der Waals surface area contributed by atoms with Gasteiger partial charge in [-0.1, -0.05) is 66.7 Å². The highest BCUT2D eigenvalue weighted by molar-refractivity contribution is 5.66. The fourth-order valence-corrected chi connectivity index (χ4v) is 5.22. The van der Waals surface area contributed by atoms with Crippen molar-refractivity contribution in [1.29, 1.82) is 0 Å². The molecule has 136 valence electrons. The minimum Gasteiger partial charge on any atom is -0.379 e. The molecule has 3 aromatic rings. The van der Waals surface area contributed by atoms with Crippen LogP contribution in [0.2, 0.25) is 0 Å². The van der Waals surface area contributed by atoms with Gasteiger partial charge in [-0.15, -0.1) is 0 Å². The Bertz CT molecular complexity index is 943. The Hall–Kier alpha value is -2.74. The molecule has 1 N–H and O–H groups in total. The molecular weight excluding hydrogens is 328 g/mol. The first-order valence-electron chi connectivity index (χ1n) is 9.97. The second kappa shape index (κ2) is 6.45. The van der Waals surface area contributed by atoms with E-state index in [1.807, 2.05) is 0 Å². The predicted octanol–water partition coefficient (Wildman–Crippen LogP) is 5.83. The Kier molecular flexibility index (Phi) is 3.93. The zero-order valence-electron chi connectivity index (χ0n) is 16.0. The Labute approximate surface area is 161 Å². The molecule has 2 aliphatic heterocycles. The van der Waals surface area contributed by atoms with E-state index in [2.05, 4.69) is 96.9 Å². The van der Waals surface area contributed by atoms with Crippen LogP contribution < -0.4 is 10.2 Å². The summed E-state index contributed by atoms with van der Waals surface area (Å²) >= 11 is 0. The third-order valence-corrected chi connectivity index (χ3v) is 6.34. The van der Waals surface area contributed by atoms with Crippen molar-refractivity contribution in [3.8, 4) is 0 Å². The normalized spacial score (nSPS) is 23.5. The summed E-state index contributed by atoms with van der Waals surface area (Å²) in [6, 6.07) is 27.3. The summed E-state index contributed by atoms with van der Waals surface area (Å²) in [5.74, 6) is 0.576. The van der Waals surface area contributed by atoms with E-state index in [0.29, 0.717) is 18.0 Å². The average Bonchev–Trinajstić information content (AvgIpc) is 3.07. The number of nitrogens with one attached hydrogen (secondary N) is 1. The molecule has 0 saturated carbocycles. The number of piperidine rings is 1. The lowest BCUT2D eigenvalue weighted by Crippen LogP contribution is -2.47. The Morgan fingerprint density at radius 1 is 0.815 bits per heavy atom. The molecule has 0 spiro atoms. The maximum absolute atomic E-state index is 3.88. The standard InChI is InChI=1S/C25H26N2/c1-17-9-8-10-18(2)24(17)27-16-15-21-20-13-6-7-14-22(20)26-23(21)25(27)19-11-4-3-5-12-19/h3-14,21,23,25-26H,15-16H2,1-2H3. The number of fused-ring (bicyclic) bond motifs is 3. The Morgan fingerprint density at radius 3 is 2.30 bits per heavy atom. The van der Waals surface area contributed by atoms with Crippen LogP contribution in [0.5, 0.6) is 0 Å². The van der Waals surface area contributed by atoms with Gasteiger partial charge in [0.05, 0.1) is 12.1 Å². The summed E-state index contributed by atoms with van der Waals surface area (Å²) in [6.07, 6.45) is 1.19. The lowest BCUT2D eigenvalue weighted by atomic mass is 9.80. The van der Waals surface area contributed by atoms with E-state index < -0.39 is 0 Å². The molecule has 3 atom stereocenters. The Morgan fingerprint density at radius 2 is 1.52 bits per heavy atom. The number of hydrogen-bond acceptors (Lipinski definition) is 2. The molecule has 3 unspecified atom stereocenters. The summed E-state index contributed by atoms with van der Waals surface area (Å²) in [5, 5.41) is 3.88. The van der Waals surface area contributed by atoms with E-state index in [4.69, 9.17) is 0 Å². The van der Waals surface area contributed by atoms with E-state index in [-0.39, 0.29) is 0 Å². The minimum absolute atomic E-state index is 0.331. The van der Waals surface area contributed by atoms with Crippen LogP contribution in [-0.4, -0.2) is 12.6 Å². The maximum atomic E-state index is 3.88.